The topological polar surface area (TPSA) is 82.6 Å². The second kappa shape index (κ2) is 10.0. The lowest BCUT2D eigenvalue weighted by atomic mass is 9.87. The van der Waals surface area contributed by atoms with Crippen LogP contribution in [-0.2, 0) is 20.2 Å². The number of aromatic nitrogens is 1. The van der Waals surface area contributed by atoms with Gasteiger partial charge in [0.1, 0.15) is 0 Å². The third-order valence-corrected chi connectivity index (χ3v) is 8.80. The minimum absolute atomic E-state index is 0.0316. The number of rotatable bonds is 5. The molecule has 4 rings (SSSR count). The van der Waals surface area contributed by atoms with Crippen molar-refractivity contribution >= 4 is 27.4 Å². The Morgan fingerprint density at radius 3 is 2.24 bits per heavy atom. The van der Waals surface area contributed by atoms with Crippen molar-refractivity contribution in [3.63, 3.8) is 0 Å². The molecule has 0 aliphatic carbocycles. The lowest BCUT2D eigenvalue weighted by Crippen LogP contribution is -2.41. The Balaban J connectivity index is 1.38. The SMILES string of the molecule is CC(C)(C)c1ccc(S(=O)(=O)N2CCC(C(=O)Nc3cccnc3N3CCCCC3)CC2)cc1. The van der Waals surface area contributed by atoms with Crippen molar-refractivity contribution in [2.24, 2.45) is 5.92 Å². The molecule has 34 heavy (non-hydrogen) atoms. The van der Waals surface area contributed by atoms with Crippen LogP contribution in [0.15, 0.2) is 47.5 Å². The van der Waals surface area contributed by atoms with E-state index in [4.69, 9.17) is 0 Å². The summed E-state index contributed by atoms with van der Waals surface area (Å²) in [5, 5.41) is 3.07. The zero-order valence-corrected chi connectivity index (χ0v) is 21.3. The Morgan fingerprint density at radius 1 is 0.971 bits per heavy atom. The standard InChI is InChI=1S/C26H36N4O3S/c1-26(2,3)21-9-11-22(12-10-21)34(32,33)30-18-13-20(14-19-30)25(31)28-23-8-7-15-27-24(23)29-16-5-4-6-17-29/h7-12,15,20H,4-6,13-14,16-19H2,1-3H3,(H,28,31). The summed E-state index contributed by atoms with van der Waals surface area (Å²) < 4.78 is 27.8. The number of carbonyl (C=O) groups excluding carboxylic acids is 1. The predicted molar refractivity (Wildman–Crippen MR) is 136 cm³/mol. The van der Waals surface area contributed by atoms with Crippen LogP contribution in [0.2, 0.25) is 0 Å². The van der Waals surface area contributed by atoms with E-state index in [0.29, 0.717) is 30.8 Å². The van der Waals surface area contributed by atoms with E-state index >= 15 is 0 Å². The van der Waals surface area contributed by atoms with Gasteiger partial charge in [-0.2, -0.15) is 4.31 Å². The van der Waals surface area contributed by atoms with E-state index in [1.807, 2.05) is 24.3 Å². The summed E-state index contributed by atoms with van der Waals surface area (Å²) in [5.41, 5.74) is 1.81. The maximum absolute atomic E-state index is 13.1. The first kappa shape index (κ1) is 24.7. The third kappa shape index (κ3) is 5.44. The second-order valence-electron chi connectivity index (χ2n) is 10.4. The van der Waals surface area contributed by atoms with E-state index in [-0.39, 0.29) is 17.2 Å². The molecule has 0 bridgehead atoms. The molecule has 0 unspecified atom stereocenters. The van der Waals surface area contributed by atoms with Crippen molar-refractivity contribution in [1.82, 2.24) is 9.29 Å². The molecule has 3 heterocycles. The van der Waals surface area contributed by atoms with Crippen molar-refractivity contribution in [2.45, 2.75) is 63.2 Å². The van der Waals surface area contributed by atoms with Gasteiger partial charge in [0.05, 0.1) is 10.6 Å². The lowest BCUT2D eigenvalue weighted by molar-refractivity contribution is -0.120. The van der Waals surface area contributed by atoms with Crippen molar-refractivity contribution in [1.29, 1.82) is 0 Å². The number of hydrogen-bond acceptors (Lipinski definition) is 5. The van der Waals surface area contributed by atoms with Gasteiger partial charge in [0.2, 0.25) is 15.9 Å². The summed E-state index contributed by atoms with van der Waals surface area (Å²) >= 11 is 0. The van der Waals surface area contributed by atoms with E-state index in [1.54, 1.807) is 18.3 Å². The first-order valence-electron chi connectivity index (χ1n) is 12.3. The maximum Gasteiger partial charge on any atom is 0.243 e. The van der Waals surface area contributed by atoms with Crippen LogP contribution in [0.3, 0.4) is 0 Å². The van der Waals surface area contributed by atoms with E-state index in [0.717, 1.165) is 43.0 Å². The number of pyridine rings is 1. The molecule has 1 N–H and O–H groups in total. The molecule has 1 aromatic heterocycles. The van der Waals surface area contributed by atoms with Crippen LogP contribution in [0.1, 0.15) is 58.4 Å². The Hall–Kier alpha value is -2.45. The highest BCUT2D eigenvalue weighted by Crippen LogP contribution is 2.30. The van der Waals surface area contributed by atoms with Gasteiger partial charge in [0.25, 0.3) is 0 Å². The lowest BCUT2D eigenvalue weighted by Gasteiger charge is -2.32. The van der Waals surface area contributed by atoms with Crippen molar-refractivity contribution in [2.75, 3.05) is 36.4 Å². The fourth-order valence-corrected chi connectivity index (χ4v) is 6.19. The van der Waals surface area contributed by atoms with E-state index in [1.165, 1.54) is 10.7 Å². The average molecular weight is 485 g/mol. The molecule has 2 fully saturated rings. The van der Waals surface area contributed by atoms with Gasteiger partial charge in [-0.15, -0.1) is 0 Å². The monoisotopic (exact) mass is 484 g/mol. The molecule has 1 aromatic carbocycles. The Labute approximate surface area is 203 Å². The van der Waals surface area contributed by atoms with Crippen LogP contribution in [0, 0.1) is 5.92 Å². The third-order valence-electron chi connectivity index (χ3n) is 6.88. The van der Waals surface area contributed by atoms with Gasteiger partial charge >= 0.3 is 0 Å². The average Bonchev–Trinajstić information content (AvgIpc) is 2.84. The molecule has 7 nitrogen and oxygen atoms in total. The van der Waals surface area contributed by atoms with Crippen LogP contribution in [-0.4, -0.2) is 49.8 Å². The van der Waals surface area contributed by atoms with Crippen LogP contribution in [0.4, 0.5) is 11.5 Å². The molecule has 0 atom stereocenters. The highest BCUT2D eigenvalue weighted by Gasteiger charge is 2.32. The van der Waals surface area contributed by atoms with Crippen LogP contribution in [0.5, 0.6) is 0 Å². The molecule has 2 aliphatic rings. The Bertz CT molecular complexity index is 1100. The Morgan fingerprint density at radius 2 is 1.62 bits per heavy atom. The molecule has 2 aromatic rings. The second-order valence-corrected chi connectivity index (χ2v) is 12.3. The number of piperidine rings is 2. The van der Waals surface area contributed by atoms with Gasteiger partial charge in [-0.1, -0.05) is 32.9 Å². The van der Waals surface area contributed by atoms with Gasteiger partial charge in [-0.3, -0.25) is 4.79 Å². The normalized spacial score (nSPS) is 18.6. The number of nitrogens with zero attached hydrogens (tertiary/aromatic N) is 3. The van der Waals surface area contributed by atoms with Gasteiger partial charge in [-0.05, 0) is 67.3 Å². The molecule has 0 radical (unpaired) electrons. The number of amides is 1. The summed E-state index contributed by atoms with van der Waals surface area (Å²) in [6.45, 7) is 8.90. The van der Waals surface area contributed by atoms with Crippen molar-refractivity contribution in [3.05, 3.63) is 48.2 Å². The summed E-state index contributed by atoms with van der Waals surface area (Å²) in [4.78, 5) is 20.1. The number of benzene rings is 1. The Kier molecular flexibility index (Phi) is 7.28. The highest BCUT2D eigenvalue weighted by atomic mass is 32.2. The van der Waals surface area contributed by atoms with Gasteiger partial charge in [0.15, 0.2) is 5.82 Å². The van der Waals surface area contributed by atoms with E-state index < -0.39 is 10.0 Å². The van der Waals surface area contributed by atoms with E-state index in [2.05, 4.69) is 36.0 Å². The molecule has 0 saturated carbocycles. The molecule has 1 amide bonds. The molecule has 2 aliphatic heterocycles. The van der Waals surface area contributed by atoms with Crippen LogP contribution < -0.4 is 10.2 Å². The predicted octanol–water partition coefficient (Wildman–Crippen LogP) is 4.41. The van der Waals surface area contributed by atoms with Crippen molar-refractivity contribution in [3.8, 4) is 0 Å². The highest BCUT2D eigenvalue weighted by molar-refractivity contribution is 7.89. The van der Waals surface area contributed by atoms with Gasteiger partial charge in [0, 0.05) is 38.3 Å². The largest absolute Gasteiger partial charge is 0.355 e. The molecular weight excluding hydrogens is 448 g/mol. The smallest absolute Gasteiger partial charge is 0.243 e. The number of carbonyl (C=O) groups is 1. The number of anilines is 2. The molecule has 0 spiro atoms. The fraction of sp³-hybridized carbons (Fsp3) is 0.538. The fourth-order valence-electron chi connectivity index (χ4n) is 4.72. The first-order chi connectivity index (χ1) is 16.2. The van der Waals surface area contributed by atoms with Gasteiger partial charge in [-0.25, -0.2) is 13.4 Å². The number of nitrogens with one attached hydrogen (secondary N) is 1. The maximum atomic E-state index is 13.1. The zero-order valence-electron chi connectivity index (χ0n) is 20.5. The molecular formula is C26H36N4O3S. The number of hydrogen-bond donors (Lipinski definition) is 1. The van der Waals surface area contributed by atoms with Gasteiger partial charge < -0.3 is 10.2 Å². The zero-order chi connectivity index (χ0) is 24.3. The molecule has 8 heteroatoms. The summed E-state index contributed by atoms with van der Waals surface area (Å²) in [6, 6.07) is 10.9. The first-order valence-corrected chi connectivity index (χ1v) is 13.7. The van der Waals surface area contributed by atoms with Crippen LogP contribution in [0.25, 0.3) is 0 Å². The minimum Gasteiger partial charge on any atom is -0.355 e. The summed E-state index contributed by atoms with van der Waals surface area (Å²) in [6.07, 6.45) is 6.27. The molecule has 184 valence electrons. The van der Waals surface area contributed by atoms with Crippen LogP contribution >= 0.6 is 0 Å². The molecule has 2 saturated heterocycles. The number of sulfonamides is 1. The quantitative estimate of drug-likeness (QED) is 0.680. The summed E-state index contributed by atoms with van der Waals surface area (Å²) in [7, 11) is -3.57. The van der Waals surface area contributed by atoms with Crippen molar-refractivity contribution < 1.29 is 13.2 Å². The summed E-state index contributed by atoms with van der Waals surface area (Å²) in [5.74, 6) is 0.552. The van der Waals surface area contributed by atoms with E-state index in [9.17, 15) is 13.2 Å². The minimum atomic E-state index is -3.57.